The zero-order chi connectivity index (χ0) is 37.0. The molecule has 0 aliphatic carbocycles. The summed E-state index contributed by atoms with van der Waals surface area (Å²) in [6, 6.07) is 32.1. The molecule has 0 saturated carbocycles. The van der Waals surface area contributed by atoms with Gasteiger partial charge < -0.3 is 9.13 Å². The highest BCUT2D eigenvalue weighted by Gasteiger charge is 2.26. The average molecular weight is 676 g/mol. The summed E-state index contributed by atoms with van der Waals surface area (Å²) in [5, 5.41) is 15.5. The van der Waals surface area contributed by atoms with E-state index in [0.29, 0.717) is 16.9 Å². The van der Waals surface area contributed by atoms with Gasteiger partial charge in [0.1, 0.15) is 17.4 Å². The predicted molar refractivity (Wildman–Crippen MR) is 215 cm³/mol. The van der Waals surface area contributed by atoms with Crippen molar-refractivity contribution in [3.63, 3.8) is 0 Å². The van der Waals surface area contributed by atoms with Crippen LogP contribution in [0.1, 0.15) is 111 Å². The number of nitrogens with zero attached hydrogens (tertiary/aromatic N) is 3. The van der Waals surface area contributed by atoms with Gasteiger partial charge >= 0.3 is 0 Å². The van der Waals surface area contributed by atoms with Gasteiger partial charge in [-0.15, -0.1) is 0 Å². The highest BCUT2D eigenvalue weighted by atomic mass is 19.1. The summed E-state index contributed by atoms with van der Waals surface area (Å²) >= 11 is 0. The Labute approximate surface area is 302 Å². The van der Waals surface area contributed by atoms with E-state index in [9.17, 15) is 5.26 Å². The highest BCUT2D eigenvalue weighted by Crippen LogP contribution is 2.42. The first-order chi connectivity index (χ1) is 23.7. The van der Waals surface area contributed by atoms with Gasteiger partial charge in [0.25, 0.3) is 0 Å². The molecule has 2 heterocycles. The van der Waals surface area contributed by atoms with Crippen molar-refractivity contribution < 1.29 is 4.39 Å². The van der Waals surface area contributed by atoms with E-state index in [-0.39, 0.29) is 27.5 Å². The van der Waals surface area contributed by atoms with E-state index in [0.717, 1.165) is 43.6 Å². The lowest BCUT2D eigenvalue weighted by atomic mass is 9.85. The zero-order valence-corrected chi connectivity index (χ0v) is 32.3. The van der Waals surface area contributed by atoms with Crippen LogP contribution < -0.4 is 0 Å². The smallest absolute Gasteiger partial charge is 0.127 e. The number of fused-ring (bicyclic) bond motifs is 6. The molecule has 0 saturated heterocycles. The SMILES string of the molecule is CC(C)(C)c1ccc2c(c1)c1ccc(C(C)(C)C)cc1n2-c1cc(F)cc(-n2c3ccc(C(C)(C)C)cc3c3ccc(C(C)(C)C)cc32)c1C#N. The maximum Gasteiger partial charge on any atom is 0.127 e. The van der Waals surface area contributed by atoms with Gasteiger partial charge in [-0.3, -0.25) is 0 Å². The molecule has 0 aliphatic rings. The maximum absolute atomic E-state index is 16.4. The molecule has 0 N–H and O–H groups in total. The third-order valence-electron chi connectivity index (χ3n) is 10.7. The molecular weight excluding hydrogens is 626 g/mol. The molecule has 0 amide bonds. The van der Waals surface area contributed by atoms with Crippen LogP contribution in [0.15, 0.2) is 84.9 Å². The molecule has 260 valence electrons. The Morgan fingerprint density at radius 2 is 0.765 bits per heavy atom. The van der Waals surface area contributed by atoms with E-state index in [4.69, 9.17) is 0 Å². The van der Waals surface area contributed by atoms with E-state index >= 15 is 4.39 Å². The molecule has 0 radical (unpaired) electrons. The van der Waals surface area contributed by atoms with E-state index in [1.165, 1.54) is 34.4 Å². The Morgan fingerprint density at radius 1 is 0.431 bits per heavy atom. The van der Waals surface area contributed by atoms with Crippen molar-refractivity contribution >= 4 is 43.6 Å². The minimum Gasteiger partial charge on any atom is -0.308 e. The molecule has 7 aromatic rings. The predicted octanol–water partition coefficient (Wildman–Crippen LogP) is 13.1. The van der Waals surface area contributed by atoms with Gasteiger partial charge in [-0.05, 0) is 92.4 Å². The van der Waals surface area contributed by atoms with Crippen molar-refractivity contribution in [1.29, 1.82) is 5.26 Å². The molecule has 2 aromatic heterocycles. The monoisotopic (exact) mass is 675 g/mol. The molecule has 7 rings (SSSR count). The average Bonchev–Trinajstić information content (AvgIpc) is 3.53. The summed E-state index contributed by atoms with van der Waals surface area (Å²) in [6.45, 7) is 26.6. The molecule has 0 atom stereocenters. The van der Waals surface area contributed by atoms with Crippen molar-refractivity contribution in [2.75, 3.05) is 0 Å². The Kier molecular flexibility index (Phi) is 7.67. The minimum absolute atomic E-state index is 0.0485. The number of aromatic nitrogens is 2. The van der Waals surface area contributed by atoms with Gasteiger partial charge in [-0.25, -0.2) is 4.39 Å². The van der Waals surface area contributed by atoms with Gasteiger partial charge in [-0.2, -0.15) is 5.26 Å². The van der Waals surface area contributed by atoms with E-state index in [1.54, 1.807) is 0 Å². The van der Waals surface area contributed by atoms with Crippen molar-refractivity contribution in [3.8, 4) is 17.4 Å². The molecule has 51 heavy (non-hydrogen) atoms. The maximum atomic E-state index is 16.4. The van der Waals surface area contributed by atoms with Crippen LogP contribution in [0.25, 0.3) is 55.0 Å². The largest absolute Gasteiger partial charge is 0.308 e. The summed E-state index contributed by atoms with van der Waals surface area (Å²) in [6.07, 6.45) is 0. The molecule has 0 aliphatic heterocycles. The lowest BCUT2D eigenvalue weighted by Gasteiger charge is -2.21. The van der Waals surface area contributed by atoms with Crippen LogP contribution in [-0.4, -0.2) is 9.13 Å². The molecule has 5 aromatic carbocycles. The van der Waals surface area contributed by atoms with Gasteiger partial charge in [0, 0.05) is 21.5 Å². The molecule has 3 nitrogen and oxygen atoms in total. The number of halogens is 1. The molecule has 4 heteroatoms. The minimum atomic E-state index is -0.388. The van der Waals surface area contributed by atoms with Crippen molar-refractivity contribution in [3.05, 3.63) is 119 Å². The highest BCUT2D eigenvalue weighted by molar-refractivity contribution is 6.11. The third-order valence-corrected chi connectivity index (χ3v) is 10.7. The first kappa shape index (κ1) is 34.6. The summed E-state index contributed by atoms with van der Waals surface area (Å²) in [7, 11) is 0. The molecule has 0 fully saturated rings. The second-order valence-corrected chi connectivity index (χ2v) is 18.5. The van der Waals surface area contributed by atoms with Crippen LogP contribution in [0.3, 0.4) is 0 Å². The van der Waals surface area contributed by atoms with Crippen LogP contribution in [0.5, 0.6) is 0 Å². The number of benzene rings is 5. The topological polar surface area (TPSA) is 33.6 Å². The Morgan fingerprint density at radius 3 is 1.10 bits per heavy atom. The fourth-order valence-electron chi connectivity index (χ4n) is 7.47. The van der Waals surface area contributed by atoms with E-state index < -0.39 is 0 Å². The number of rotatable bonds is 2. The summed E-state index contributed by atoms with van der Waals surface area (Å²) in [5.74, 6) is -0.388. The van der Waals surface area contributed by atoms with Crippen LogP contribution in [-0.2, 0) is 21.7 Å². The van der Waals surface area contributed by atoms with Crippen LogP contribution >= 0.6 is 0 Å². The first-order valence-electron chi connectivity index (χ1n) is 18.1. The van der Waals surface area contributed by atoms with Crippen molar-refractivity contribution in [2.45, 2.75) is 105 Å². The second kappa shape index (κ2) is 11.3. The lowest BCUT2D eigenvalue weighted by Crippen LogP contribution is -2.12. The van der Waals surface area contributed by atoms with E-state index in [2.05, 4.69) is 171 Å². The Bertz CT molecular complexity index is 2400. The second-order valence-electron chi connectivity index (χ2n) is 18.5. The number of hydrogen-bond donors (Lipinski definition) is 0. The number of hydrogen-bond acceptors (Lipinski definition) is 1. The van der Waals surface area contributed by atoms with Gasteiger partial charge in [0.05, 0.1) is 33.4 Å². The van der Waals surface area contributed by atoms with Gasteiger partial charge in [0.2, 0.25) is 0 Å². The van der Waals surface area contributed by atoms with Gasteiger partial charge in [0.15, 0.2) is 0 Å². The fraction of sp³-hybridized carbons (Fsp3) is 0.340. The lowest BCUT2D eigenvalue weighted by molar-refractivity contribution is 0.590. The third kappa shape index (κ3) is 5.72. The Hall–Kier alpha value is -4.88. The van der Waals surface area contributed by atoms with Crippen molar-refractivity contribution in [1.82, 2.24) is 9.13 Å². The van der Waals surface area contributed by atoms with Gasteiger partial charge in [-0.1, -0.05) is 119 Å². The quantitative estimate of drug-likeness (QED) is 0.180. The summed E-state index contributed by atoms with van der Waals surface area (Å²) in [5.41, 5.74) is 9.83. The molecule has 0 spiro atoms. The number of nitriles is 1. The summed E-state index contributed by atoms with van der Waals surface area (Å²) < 4.78 is 20.6. The summed E-state index contributed by atoms with van der Waals surface area (Å²) in [4.78, 5) is 0. The Balaban J connectivity index is 1.63. The molecule has 0 unspecified atom stereocenters. The van der Waals surface area contributed by atoms with Crippen molar-refractivity contribution in [2.24, 2.45) is 0 Å². The zero-order valence-electron chi connectivity index (χ0n) is 32.3. The molecule has 0 bridgehead atoms. The first-order valence-corrected chi connectivity index (χ1v) is 18.1. The van der Waals surface area contributed by atoms with Crippen LogP contribution in [0.4, 0.5) is 4.39 Å². The van der Waals surface area contributed by atoms with Crippen LogP contribution in [0.2, 0.25) is 0 Å². The standard InChI is InChI=1S/C47H50FN3/c1-44(2,3)28-15-19-38-35(21-28)33-17-13-30(46(7,8)9)23-40(33)50(38)42-25-32(48)26-43(37(42)27-49)51-39-20-16-29(45(4,5)6)22-36(39)34-18-14-31(24-41(34)51)47(10,11)12/h13-26H,1-12H3. The van der Waals surface area contributed by atoms with Crippen LogP contribution in [0, 0.1) is 17.1 Å². The normalized spacial score (nSPS) is 13.2. The molecular formula is C47H50FN3. The van der Waals surface area contributed by atoms with E-state index in [1.807, 2.05) is 0 Å². The fourth-order valence-corrected chi connectivity index (χ4v) is 7.47.